The van der Waals surface area contributed by atoms with Gasteiger partial charge in [0.2, 0.25) is 5.91 Å². The molecule has 0 saturated carbocycles. The highest BCUT2D eigenvalue weighted by Crippen LogP contribution is 2.29. The fraction of sp³-hybridized carbons (Fsp3) is 0.0667. The van der Waals surface area contributed by atoms with Gasteiger partial charge >= 0.3 is 0 Å². The molecule has 0 spiro atoms. The van der Waals surface area contributed by atoms with Crippen molar-refractivity contribution in [3.8, 4) is 5.75 Å². The molecule has 0 unspecified atom stereocenters. The molecular weight excluding hydrogens is 330 g/mol. The summed E-state index contributed by atoms with van der Waals surface area (Å²) in [7, 11) is 0. The van der Waals surface area contributed by atoms with Gasteiger partial charge in [0.25, 0.3) is 0 Å². The molecule has 0 saturated heterocycles. The molecule has 2 aromatic carbocycles. The number of phenols is 1. The number of benzene rings is 2. The van der Waals surface area contributed by atoms with Crippen LogP contribution in [-0.2, 0) is 11.2 Å². The molecule has 114 valence electrons. The zero-order valence-corrected chi connectivity index (χ0v) is 12.7. The zero-order valence-electron chi connectivity index (χ0n) is 11.2. The van der Waals surface area contributed by atoms with Crippen molar-refractivity contribution in [2.75, 3.05) is 0 Å². The van der Waals surface area contributed by atoms with Crippen LogP contribution in [0.4, 0.5) is 4.39 Å². The molecule has 2 N–H and O–H groups in total. The number of carbonyl (C=O) groups is 1. The first-order valence-corrected chi connectivity index (χ1v) is 6.95. The monoisotopic (exact) mass is 340 g/mol. The number of hydrazone groups is 1. The molecule has 0 heterocycles. The van der Waals surface area contributed by atoms with Crippen molar-refractivity contribution < 1.29 is 14.3 Å². The van der Waals surface area contributed by atoms with E-state index in [-0.39, 0.29) is 34.5 Å². The molecule has 0 bridgehead atoms. The van der Waals surface area contributed by atoms with E-state index in [9.17, 15) is 14.3 Å². The first kappa shape index (κ1) is 16.3. The van der Waals surface area contributed by atoms with Gasteiger partial charge in [-0.05, 0) is 29.8 Å². The smallest absolute Gasteiger partial charge is 0.244 e. The Hall–Kier alpha value is -2.11. The van der Waals surface area contributed by atoms with Crippen LogP contribution in [0.1, 0.15) is 11.1 Å². The zero-order chi connectivity index (χ0) is 16.1. The van der Waals surface area contributed by atoms with Crippen molar-refractivity contribution in [2.24, 2.45) is 5.10 Å². The van der Waals surface area contributed by atoms with Crippen molar-refractivity contribution >= 4 is 35.3 Å². The van der Waals surface area contributed by atoms with Gasteiger partial charge in [-0.1, -0.05) is 35.3 Å². The van der Waals surface area contributed by atoms with Crippen LogP contribution in [0.3, 0.4) is 0 Å². The van der Waals surface area contributed by atoms with Gasteiger partial charge in [0.15, 0.2) is 0 Å². The van der Waals surface area contributed by atoms with Crippen LogP contribution >= 0.6 is 23.2 Å². The summed E-state index contributed by atoms with van der Waals surface area (Å²) in [4.78, 5) is 11.7. The fourth-order valence-electron chi connectivity index (χ4n) is 1.69. The Labute approximate surface area is 136 Å². The van der Waals surface area contributed by atoms with Gasteiger partial charge in [0.05, 0.1) is 17.7 Å². The maximum absolute atomic E-state index is 12.7. The molecule has 0 fully saturated rings. The van der Waals surface area contributed by atoms with Crippen molar-refractivity contribution in [1.82, 2.24) is 5.43 Å². The van der Waals surface area contributed by atoms with Crippen LogP contribution in [0.15, 0.2) is 41.5 Å². The van der Waals surface area contributed by atoms with E-state index in [4.69, 9.17) is 23.2 Å². The Balaban J connectivity index is 1.97. The maximum Gasteiger partial charge on any atom is 0.244 e. The molecular formula is C15H11Cl2FN2O2. The molecule has 2 rings (SSSR count). The van der Waals surface area contributed by atoms with Crippen molar-refractivity contribution in [3.63, 3.8) is 0 Å². The van der Waals surface area contributed by atoms with Crippen LogP contribution in [0.25, 0.3) is 0 Å². The summed E-state index contributed by atoms with van der Waals surface area (Å²) >= 11 is 11.6. The molecule has 1 amide bonds. The highest BCUT2D eigenvalue weighted by Gasteiger charge is 2.06. The minimum atomic E-state index is -0.379. The van der Waals surface area contributed by atoms with Gasteiger partial charge in [-0.25, -0.2) is 9.82 Å². The van der Waals surface area contributed by atoms with Gasteiger partial charge in [0, 0.05) is 10.6 Å². The normalized spacial score (nSPS) is 10.9. The third-order valence-corrected chi connectivity index (χ3v) is 3.23. The molecule has 4 nitrogen and oxygen atoms in total. The van der Waals surface area contributed by atoms with E-state index in [2.05, 4.69) is 10.5 Å². The molecule has 2 aromatic rings. The first-order valence-electron chi connectivity index (χ1n) is 6.20. The summed E-state index contributed by atoms with van der Waals surface area (Å²) in [6.45, 7) is 0. The number of hydrogen-bond donors (Lipinski definition) is 2. The number of nitrogens with one attached hydrogen (secondary N) is 1. The SMILES string of the molecule is O=C(Cc1ccc(F)cc1)N/N=C/c1cc(Cl)cc(Cl)c1O. The van der Waals surface area contributed by atoms with Crippen LogP contribution < -0.4 is 5.43 Å². The Morgan fingerprint density at radius 1 is 1.27 bits per heavy atom. The van der Waals surface area contributed by atoms with Gasteiger partial charge in [-0.15, -0.1) is 0 Å². The minimum Gasteiger partial charge on any atom is -0.506 e. The number of halogens is 3. The van der Waals surface area contributed by atoms with Crippen molar-refractivity contribution in [3.05, 3.63) is 63.4 Å². The number of amides is 1. The van der Waals surface area contributed by atoms with E-state index >= 15 is 0 Å². The van der Waals surface area contributed by atoms with E-state index < -0.39 is 0 Å². The van der Waals surface area contributed by atoms with Crippen molar-refractivity contribution in [2.45, 2.75) is 6.42 Å². The fourth-order valence-corrected chi connectivity index (χ4v) is 2.19. The second kappa shape index (κ2) is 7.24. The average Bonchev–Trinajstić information content (AvgIpc) is 2.46. The van der Waals surface area contributed by atoms with Gasteiger partial charge in [-0.2, -0.15) is 5.10 Å². The van der Waals surface area contributed by atoms with E-state index in [1.165, 1.54) is 42.6 Å². The van der Waals surface area contributed by atoms with Gasteiger partial charge < -0.3 is 5.11 Å². The number of rotatable bonds is 4. The van der Waals surface area contributed by atoms with E-state index in [1.807, 2.05) is 0 Å². The third kappa shape index (κ3) is 4.44. The highest BCUT2D eigenvalue weighted by atomic mass is 35.5. The molecule has 0 aliphatic carbocycles. The second-order valence-corrected chi connectivity index (χ2v) is 5.27. The number of phenolic OH excluding ortho intramolecular Hbond substituents is 1. The Morgan fingerprint density at radius 2 is 1.95 bits per heavy atom. The van der Waals surface area contributed by atoms with E-state index in [0.717, 1.165) is 0 Å². The Morgan fingerprint density at radius 3 is 2.64 bits per heavy atom. The number of hydrogen-bond acceptors (Lipinski definition) is 3. The Bertz CT molecular complexity index is 718. The van der Waals surface area contributed by atoms with Gasteiger partial charge in [-0.3, -0.25) is 4.79 Å². The summed E-state index contributed by atoms with van der Waals surface area (Å²) in [5.74, 6) is -0.923. The lowest BCUT2D eigenvalue weighted by atomic mass is 10.1. The van der Waals surface area contributed by atoms with Crippen molar-refractivity contribution in [1.29, 1.82) is 0 Å². The molecule has 0 aliphatic heterocycles. The summed E-state index contributed by atoms with van der Waals surface area (Å²) in [6.07, 6.45) is 1.29. The van der Waals surface area contributed by atoms with E-state index in [0.29, 0.717) is 10.6 Å². The highest BCUT2D eigenvalue weighted by molar-refractivity contribution is 6.36. The number of carbonyl (C=O) groups excluding carboxylic acids is 1. The molecule has 0 aromatic heterocycles. The molecule has 22 heavy (non-hydrogen) atoms. The largest absolute Gasteiger partial charge is 0.506 e. The molecule has 7 heteroatoms. The Kier molecular flexibility index (Phi) is 5.35. The summed E-state index contributed by atoms with van der Waals surface area (Å²) in [6, 6.07) is 8.43. The van der Waals surface area contributed by atoms with Crippen LogP contribution in [-0.4, -0.2) is 17.2 Å². The second-order valence-electron chi connectivity index (χ2n) is 4.42. The summed E-state index contributed by atoms with van der Waals surface area (Å²) < 4.78 is 12.7. The van der Waals surface area contributed by atoms with Crippen LogP contribution in [0.5, 0.6) is 5.75 Å². The predicted molar refractivity (Wildman–Crippen MR) is 84.0 cm³/mol. The van der Waals surface area contributed by atoms with Gasteiger partial charge in [0.1, 0.15) is 11.6 Å². The summed E-state index contributed by atoms with van der Waals surface area (Å²) in [5.41, 5.74) is 3.23. The third-order valence-electron chi connectivity index (χ3n) is 2.73. The average molecular weight is 341 g/mol. The lowest BCUT2D eigenvalue weighted by Gasteiger charge is -2.03. The number of aromatic hydroxyl groups is 1. The molecule has 0 aliphatic rings. The molecule has 0 radical (unpaired) electrons. The first-order chi connectivity index (χ1) is 10.5. The maximum atomic E-state index is 12.7. The number of nitrogens with zero attached hydrogens (tertiary/aromatic N) is 1. The van der Waals surface area contributed by atoms with E-state index in [1.54, 1.807) is 0 Å². The van der Waals surface area contributed by atoms with Crippen LogP contribution in [0.2, 0.25) is 10.0 Å². The van der Waals surface area contributed by atoms with Crippen LogP contribution in [0, 0.1) is 5.82 Å². The minimum absolute atomic E-state index is 0.0555. The predicted octanol–water partition coefficient (Wildman–Crippen LogP) is 3.53. The quantitative estimate of drug-likeness (QED) is 0.660. The summed E-state index contributed by atoms with van der Waals surface area (Å²) in [5, 5.41) is 13.9. The lowest BCUT2D eigenvalue weighted by molar-refractivity contribution is -0.120. The topological polar surface area (TPSA) is 61.7 Å². The lowest BCUT2D eigenvalue weighted by Crippen LogP contribution is -2.19. The standard InChI is InChI=1S/C15H11Cl2FN2O2/c16-11-6-10(15(22)13(17)7-11)8-19-20-14(21)5-9-1-3-12(18)4-2-9/h1-4,6-8,22H,5H2,(H,20,21)/b19-8+. The molecule has 0 atom stereocenters.